The predicted molar refractivity (Wildman–Crippen MR) is 243 cm³/mol. The van der Waals surface area contributed by atoms with E-state index in [-0.39, 0.29) is 5.41 Å². The first-order valence-electron chi connectivity index (χ1n) is 19.6. The Kier molecular flexibility index (Phi) is 6.66. The summed E-state index contributed by atoms with van der Waals surface area (Å²) >= 11 is 1.93. The molecule has 0 amide bonds. The minimum Gasteiger partial charge on any atom is -0.135 e. The number of hydrogen-bond donors (Lipinski definition) is 0. The molecule has 0 saturated carbocycles. The van der Waals surface area contributed by atoms with E-state index in [1.165, 1.54) is 119 Å². The van der Waals surface area contributed by atoms with Crippen LogP contribution < -0.4 is 0 Å². The van der Waals surface area contributed by atoms with Gasteiger partial charge in [0.1, 0.15) is 0 Å². The van der Waals surface area contributed by atoms with E-state index in [2.05, 4.69) is 196 Å². The molecule has 12 rings (SSSR count). The molecule has 0 aliphatic heterocycles. The second-order valence-corrected chi connectivity index (χ2v) is 17.1. The van der Waals surface area contributed by atoms with E-state index in [1.807, 2.05) is 11.3 Å². The zero-order chi connectivity index (χ0) is 37.1. The molecule has 0 unspecified atom stereocenters. The van der Waals surface area contributed by atoms with Crippen molar-refractivity contribution in [3.8, 4) is 44.5 Å². The van der Waals surface area contributed by atoms with Crippen molar-refractivity contribution in [2.24, 2.45) is 0 Å². The van der Waals surface area contributed by atoms with Gasteiger partial charge in [-0.3, -0.25) is 0 Å². The molecule has 11 aromatic rings. The smallest absolute Gasteiger partial charge is 0.0361 e. The maximum absolute atomic E-state index is 2.46. The minimum atomic E-state index is -0.0797. The Morgan fingerprint density at radius 2 is 0.911 bits per heavy atom. The van der Waals surface area contributed by atoms with E-state index in [9.17, 15) is 0 Å². The Morgan fingerprint density at radius 3 is 1.61 bits per heavy atom. The molecule has 0 bridgehead atoms. The van der Waals surface area contributed by atoms with Crippen molar-refractivity contribution in [2.75, 3.05) is 0 Å². The molecule has 1 heteroatoms. The Morgan fingerprint density at radius 1 is 0.357 bits per heavy atom. The fraction of sp³-hybridized carbons (Fsp3) is 0.0545. The molecule has 10 aromatic carbocycles. The van der Waals surface area contributed by atoms with Gasteiger partial charge >= 0.3 is 0 Å². The van der Waals surface area contributed by atoms with Gasteiger partial charge in [0.25, 0.3) is 0 Å². The molecule has 0 atom stereocenters. The number of hydrogen-bond acceptors (Lipinski definition) is 1. The van der Waals surface area contributed by atoms with Crippen molar-refractivity contribution in [3.05, 3.63) is 193 Å². The van der Waals surface area contributed by atoms with Crippen LogP contribution in [0.4, 0.5) is 0 Å². The van der Waals surface area contributed by atoms with Gasteiger partial charge < -0.3 is 0 Å². The van der Waals surface area contributed by atoms with Gasteiger partial charge in [-0.2, -0.15) is 0 Å². The number of rotatable bonds is 3. The summed E-state index contributed by atoms with van der Waals surface area (Å²) in [5.41, 5.74) is 13.2. The summed E-state index contributed by atoms with van der Waals surface area (Å²) in [5.74, 6) is 0. The SMILES string of the molecule is CC1(C)c2ccc3sc4cc(-c5c6ccccc6c(-c6ccc7cc(-c8ccccc8)ccc7c6)c6ccccc56)ccc4c3c2-c2ccc3ccccc3c21. The van der Waals surface area contributed by atoms with Crippen molar-refractivity contribution in [1.29, 1.82) is 0 Å². The highest BCUT2D eigenvalue weighted by atomic mass is 32.1. The lowest BCUT2D eigenvalue weighted by molar-refractivity contribution is 0.667. The molecule has 0 nitrogen and oxygen atoms in total. The molecule has 0 N–H and O–H groups in total. The molecule has 1 aromatic heterocycles. The van der Waals surface area contributed by atoms with Crippen molar-refractivity contribution < 1.29 is 0 Å². The van der Waals surface area contributed by atoms with Crippen LogP contribution in [0.3, 0.4) is 0 Å². The third-order valence-corrected chi connectivity index (χ3v) is 13.7. The second-order valence-electron chi connectivity index (χ2n) is 16.0. The van der Waals surface area contributed by atoms with Gasteiger partial charge in [0.2, 0.25) is 0 Å². The Bertz CT molecular complexity index is 3380. The molecule has 56 heavy (non-hydrogen) atoms. The molecule has 0 spiro atoms. The van der Waals surface area contributed by atoms with Crippen LogP contribution in [0.25, 0.3) is 108 Å². The van der Waals surface area contributed by atoms with Gasteiger partial charge in [0.15, 0.2) is 0 Å². The summed E-state index contributed by atoms with van der Waals surface area (Å²) in [6, 6.07) is 68.1. The van der Waals surface area contributed by atoms with Gasteiger partial charge in [-0.25, -0.2) is 0 Å². The molecule has 1 heterocycles. The molecule has 262 valence electrons. The van der Waals surface area contributed by atoms with Gasteiger partial charge in [-0.1, -0.05) is 172 Å². The highest BCUT2D eigenvalue weighted by Crippen LogP contribution is 2.56. The van der Waals surface area contributed by atoms with Gasteiger partial charge in [0, 0.05) is 25.6 Å². The summed E-state index contributed by atoms with van der Waals surface area (Å²) in [4.78, 5) is 0. The largest absolute Gasteiger partial charge is 0.135 e. The molecule has 0 fully saturated rings. The summed E-state index contributed by atoms with van der Waals surface area (Å²) in [6.07, 6.45) is 0. The molecule has 0 saturated heterocycles. The maximum Gasteiger partial charge on any atom is 0.0361 e. The third-order valence-electron chi connectivity index (χ3n) is 12.6. The average molecular weight is 729 g/mol. The summed E-state index contributed by atoms with van der Waals surface area (Å²) in [5, 5.41) is 13.0. The molecule has 0 radical (unpaired) electrons. The van der Waals surface area contributed by atoms with E-state index < -0.39 is 0 Å². The normalized spacial score (nSPS) is 13.3. The highest BCUT2D eigenvalue weighted by molar-refractivity contribution is 7.26. The van der Waals surface area contributed by atoms with Crippen LogP contribution in [0.1, 0.15) is 25.0 Å². The van der Waals surface area contributed by atoms with Gasteiger partial charge in [0.05, 0.1) is 0 Å². The van der Waals surface area contributed by atoms with Crippen LogP contribution in [0.15, 0.2) is 182 Å². The zero-order valence-electron chi connectivity index (χ0n) is 31.2. The lowest BCUT2D eigenvalue weighted by Gasteiger charge is -2.23. The average Bonchev–Trinajstić information content (AvgIpc) is 3.73. The van der Waals surface area contributed by atoms with Gasteiger partial charge in [-0.15, -0.1) is 11.3 Å². The first kappa shape index (κ1) is 31.8. The van der Waals surface area contributed by atoms with Crippen LogP contribution >= 0.6 is 11.3 Å². The fourth-order valence-electron chi connectivity index (χ4n) is 10.1. The summed E-state index contributed by atoms with van der Waals surface area (Å²) in [6.45, 7) is 4.81. The summed E-state index contributed by atoms with van der Waals surface area (Å²) in [7, 11) is 0. The van der Waals surface area contributed by atoms with Gasteiger partial charge in [-0.05, 0) is 123 Å². The number of benzene rings is 10. The second kappa shape index (κ2) is 11.7. The number of fused-ring (bicyclic) bond motifs is 12. The standard InChI is InChI=1S/C55H36S/c1-55(2)47-28-29-48-53(52(47)46-27-24-34-14-6-7-15-40(34)54(46)55)45-26-25-39(32-49(45)56-48)51-43-18-10-8-16-41(43)50(42-17-9-11-19-44(42)51)38-23-22-36-30-35(20-21-37(36)31-38)33-12-4-3-5-13-33/h3-32H,1-2H3. The van der Waals surface area contributed by atoms with Crippen LogP contribution in [0, 0.1) is 0 Å². The van der Waals surface area contributed by atoms with Crippen LogP contribution in [-0.2, 0) is 5.41 Å². The van der Waals surface area contributed by atoms with Crippen LogP contribution in [-0.4, -0.2) is 0 Å². The fourth-order valence-corrected chi connectivity index (χ4v) is 11.2. The Labute approximate surface area is 329 Å². The number of thiophene rings is 1. The first-order chi connectivity index (χ1) is 27.5. The van der Waals surface area contributed by atoms with Crippen molar-refractivity contribution in [2.45, 2.75) is 19.3 Å². The lowest BCUT2D eigenvalue weighted by atomic mass is 9.80. The van der Waals surface area contributed by atoms with E-state index in [4.69, 9.17) is 0 Å². The zero-order valence-corrected chi connectivity index (χ0v) is 32.0. The van der Waals surface area contributed by atoms with E-state index >= 15 is 0 Å². The molecular formula is C55H36S. The van der Waals surface area contributed by atoms with Crippen molar-refractivity contribution >= 4 is 74.6 Å². The summed E-state index contributed by atoms with van der Waals surface area (Å²) < 4.78 is 2.68. The van der Waals surface area contributed by atoms with Crippen molar-refractivity contribution in [3.63, 3.8) is 0 Å². The quantitative estimate of drug-likeness (QED) is 0.159. The molecular weight excluding hydrogens is 693 g/mol. The molecule has 1 aliphatic carbocycles. The topological polar surface area (TPSA) is 0 Å². The maximum atomic E-state index is 2.46. The lowest BCUT2D eigenvalue weighted by Crippen LogP contribution is -2.15. The minimum absolute atomic E-state index is 0.0797. The first-order valence-corrected chi connectivity index (χ1v) is 20.4. The molecule has 1 aliphatic rings. The Balaban J connectivity index is 1.05. The third kappa shape index (κ3) is 4.47. The van der Waals surface area contributed by atoms with E-state index in [1.54, 1.807) is 0 Å². The monoisotopic (exact) mass is 728 g/mol. The van der Waals surface area contributed by atoms with E-state index in [0.717, 1.165) is 0 Å². The highest BCUT2D eigenvalue weighted by Gasteiger charge is 2.38. The van der Waals surface area contributed by atoms with Crippen LogP contribution in [0.2, 0.25) is 0 Å². The Hall–Kier alpha value is -6.54. The van der Waals surface area contributed by atoms with Crippen LogP contribution in [0.5, 0.6) is 0 Å². The van der Waals surface area contributed by atoms with E-state index in [0.29, 0.717) is 0 Å². The van der Waals surface area contributed by atoms with Crippen molar-refractivity contribution in [1.82, 2.24) is 0 Å². The predicted octanol–water partition coefficient (Wildman–Crippen LogP) is 16.0.